The fraction of sp³-hybridized carbons (Fsp3) is 0.297. The number of nitrogens with zero attached hydrogens (tertiary/aromatic N) is 2. The maximum absolute atomic E-state index is 14.3. The van der Waals surface area contributed by atoms with Gasteiger partial charge in [-0.3, -0.25) is 18.6 Å². The molecule has 1 fully saturated rings. The molecule has 0 radical (unpaired) electrons. The highest BCUT2D eigenvalue weighted by Gasteiger charge is 2.40. The van der Waals surface area contributed by atoms with Gasteiger partial charge in [-0.2, -0.15) is 0 Å². The van der Waals surface area contributed by atoms with Crippen LogP contribution in [-0.2, 0) is 46.1 Å². The highest BCUT2D eigenvalue weighted by atomic mass is 32.2. The molecular formula is C37H40N4O11S3. The number of hydrogen-bond donors (Lipinski definition) is 2. The molecule has 2 amide bonds. The van der Waals surface area contributed by atoms with Gasteiger partial charge in [0.15, 0.2) is 0 Å². The molecule has 1 saturated carbocycles. The molecule has 1 aliphatic heterocycles. The third-order valence-corrected chi connectivity index (χ3v) is 14.3. The van der Waals surface area contributed by atoms with Crippen LogP contribution in [0.3, 0.4) is 0 Å². The van der Waals surface area contributed by atoms with Gasteiger partial charge < -0.3 is 19.1 Å². The molecule has 6 rings (SSSR count). The van der Waals surface area contributed by atoms with E-state index in [-0.39, 0.29) is 34.2 Å². The molecule has 0 saturated heterocycles. The zero-order chi connectivity index (χ0) is 39.7. The van der Waals surface area contributed by atoms with Crippen molar-refractivity contribution in [1.29, 1.82) is 0 Å². The van der Waals surface area contributed by atoms with Gasteiger partial charge in [0.1, 0.15) is 34.7 Å². The standard InChI is InChI=1S/C37H40N4O11S3/c1-24-11-18-34(33(21-24)52-4)54(46,47)39-37(43)36(25-7-5-8-27(22-25)51-3)40-20-19-30-31(40)9-6-10-32(30)41(23-35(42)38-53(44,45)28-16-17-28)55(48,49)29-14-12-26(50-2)13-15-29/h5-15,18,21-22,28,36H,16-17,19-20,23H2,1-4H3,(H,38,42)(H,39,43). The molecule has 292 valence electrons. The van der Waals surface area contributed by atoms with Crippen LogP contribution in [0.25, 0.3) is 0 Å². The van der Waals surface area contributed by atoms with Crippen LogP contribution >= 0.6 is 0 Å². The van der Waals surface area contributed by atoms with E-state index in [0.717, 1.165) is 9.87 Å². The molecule has 1 aliphatic carbocycles. The Hall–Kier alpha value is -5.33. The highest BCUT2D eigenvalue weighted by molar-refractivity contribution is 7.93. The van der Waals surface area contributed by atoms with Gasteiger partial charge >= 0.3 is 0 Å². The summed E-state index contributed by atoms with van der Waals surface area (Å²) in [5.41, 5.74) is 1.98. The Morgan fingerprint density at radius 1 is 0.818 bits per heavy atom. The van der Waals surface area contributed by atoms with E-state index in [1.165, 1.54) is 69.9 Å². The summed E-state index contributed by atoms with van der Waals surface area (Å²) in [6.45, 7) is 1.00. The number of aryl methyl sites for hydroxylation is 1. The summed E-state index contributed by atoms with van der Waals surface area (Å²) >= 11 is 0. The molecule has 15 nitrogen and oxygen atoms in total. The SMILES string of the molecule is COc1ccc(S(=O)(=O)N(CC(=O)NS(=O)(=O)C2CC2)c2cccc3c2CCN3C(C(=O)NS(=O)(=O)c2ccc(C)cc2OC)c2cccc(OC)c2)cc1. The van der Waals surface area contributed by atoms with Crippen molar-refractivity contribution >= 4 is 53.3 Å². The topological polar surface area (TPSA) is 195 Å². The maximum atomic E-state index is 14.3. The van der Waals surface area contributed by atoms with Crippen LogP contribution in [0, 0.1) is 6.92 Å². The van der Waals surface area contributed by atoms with Crippen molar-refractivity contribution in [3.63, 3.8) is 0 Å². The number of amides is 2. The molecular weight excluding hydrogens is 773 g/mol. The van der Waals surface area contributed by atoms with Gasteiger partial charge in [0, 0.05) is 17.8 Å². The first-order valence-corrected chi connectivity index (χ1v) is 21.5. The molecule has 55 heavy (non-hydrogen) atoms. The zero-order valence-electron chi connectivity index (χ0n) is 30.4. The molecule has 1 atom stereocenters. The molecule has 2 aliphatic rings. The van der Waals surface area contributed by atoms with E-state index in [0.29, 0.717) is 41.2 Å². The number of fused-ring (bicyclic) bond motifs is 1. The van der Waals surface area contributed by atoms with Gasteiger partial charge in [-0.1, -0.05) is 24.3 Å². The van der Waals surface area contributed by atoms with Crippen LogP contribution in [0.4, 0.5) is 11.4 Å². The van der Waals surface area contributed by atoms with E-state index in [1.807, 2.05) is 4.72 Å². The van der Waals surface area contributed by atoms with Gasteiger partial charge in [0.25, 0.3) is 31.9 Å². The van der Waals surface area contributed by atoms with Gasteiger partial charge in [0.05, 0.1) is 37.2 Å². The predicted molar refractivity (Wildman–Crippen MR) is 204 cm³/mol. The number of nitrogens with one attached hydrogen (secondary N) is 2. The number of carbonyl (C=O) groups is 2. The predicted octanol–water partition coefficient (Wildman–Crippen LogP) is 3.43. The summed E-state index contributed by atoms with van der Waals surface area (Å²) in [5, 5.41) is -0.728. The van der Waals surface area contributed by atoms with Gasteiger partial charge in [-0.25, -0.2) is 30.0 Å². The third kappa shape index (κ3) is 8.20. The first-order valence-electron chi connectivity index (χ1n) is 17.0. The first-order chi connectivity index (χ1) is 26.1. The molecule has 0 aromatic heterocycles. The lowest BCUT2D eigenvalue weighted by molar-refractivity contribution is -0.121. The molecule has 0 bridgehead atoms. The Morgan fingerprint density at radius 2 is 1.51 bits per heavy atom. The maximum Gasteiger partial charge on any atom is 0.267 e. The van der Waals surface area contributed by atoms with E-state index in [9.17, 15) is 34.8 Å². The summed E-state index contributed by atoms with van der Waals surface area (Å²) in [7, 11) is -8.81. The van der Waals surface area contributed by atoms with Crippen molar-refractivity contribution in [3.05, 3.63) is 102 Å². The van der Waals surface area contributed by atoms with Crippen molar-refractivity contribution in [3.8, 4) is 17.2 Å². The van der Waals surface area contributed by atoms with Gasteiger partial charge in [0.2, 0.25) is 10.0 Å². The molecule has 18 heteroatoms. The largest absolute Gasteiger partial charge is 0.497 e. The number of ether oxygens (including phenoxy) is 3. The van der Waals surface area contributed by atoms with Crippen LogP contribution in [0.2, 0.25) is 0 Å². The number of anilines is 2. The van der Waals surface area contributed by atoms with Crippen LogP contribution < -0.4 is 32.9 Å². The number of sulfonamides is 3. The number of hydrogen-bond acceptors (Lipinski definition) is 12. The Morgan fingerprint density at radius 3 is 2.16 bits per heavy atom. The summed E-state index contributed by atoms with van der Waals surface area (Å²) in [6, 6.07) is 19.9. The van der Waals surface area contributed by atoms with Crippen molar-refractivity contribution in [1.82, 2.24) is 9.44 Å². The smallest absolute Gasteiger partial charge is 0.267 e. The second kappa shape index (κ2) is 15.4. The summed E-state index contributed by atoms with van der Waals surface area (Å²) < 4.78 is 102. The number of methoxy groups -OCH3 is 3. The summed E-state index contributed by atoms with van der Waals surface area (Å²) in [4.78, 5) is 28.8. The van der Waals surface area contributed by atoms with E-state index in [1.54, 1.807) is 48.2 Å². The lowest BCUT2D eigenvalue weighted by Crippen LogP contribution is -2.44. The van der Waals surface area contributed by atoms with Crippen molar-refractivity contribution < 1.29 is 49.1 Å². The molecule has 1 heterocycles. The molecule has 4 aromatic rings. The van der Waals surface area contributed by atoms with Crippen LogP contribution in [-0.4, -0.2) is 76.7 Å². The van der Waals surface area contributed by atoms with Gasteiger partial charge in [-0.15, -0.1) is 0 Å². The lowest BCUT2D eigenvalue weighted by atomic mass is 10.0. The molecule has 0 spiro atoms. The molecule has 4 aromatic carbocycles. The Balaban J connectivity index is 1.43. The minimum atomic E-state index is -4.52. The Labute approximate surface area is 320 Å². The second-order valence-electron chi connectivity index (χ2n) is 13.0. The molecule has 1 unspecified atom stereocenters. The van der Waals surface area contributed by atoms with Crippen molar-refractivity contribution in [2.45, 2.75) is 47.3 Å². The minimum Gasteiger partial charge on any atom is -0.497 e. The van der Waals surface area contributed by atoms with Crippen LogP contribution in [0.5, 0.6) is 17.2 Å². The minimum absolute atomic E-state index is 0.0431. The molecule has 2 N–H and O–H groups in total. The number of rotatable bonds is 15. The highest BCUT2D eigenvalue weighted by Crippen LogP contribution is 2.42. The van der Waals surface area contributed by atoms with Crippen LogP contribution in [0.1, 0.15) is 35.6 Å². The van der Waals surface area contributed by atoms with Gasteiger partial charge in [-0.05, 0) is 98.0 Å². The fourth-order valence-electron chi connectivity index (χ4n) is 6.42. The second-order valence-corrected chi connectivity index (χ2v) is 18.5. The van der Waals surface area contributed by atoms with E-state index in [4.69, 9.17) is 14.2 Å². The average molecular weight is 813 g/mol. The third-order valence-electron chi connectivity index (χ3n) is 9.27. The average Bonchev–Trinajstić information content (AvgIpc) is 3.95. The monoisotopic (exact) mass is 812 g/mol. The van der Waals surface area contributed by atoms with Crippen molar-refractivity contribution in [2.75, 3.05) is 43.6 Å². The first kappa shape index (κ1) is 39.4. The Kier molecular flexibility index (Phi) is 11.0. The quantitative estimate of drug-likeness (QED) is 0.178. The van der Waals surface area contributed by atoms with E-state index >= 15 is 0 Å². The number of benzene rings is 4. The van der Waals surface area contributed by atoms with E-state index in [2.05, 4.69) is 4.72 Å². The Bertz CT molecular complexity index is 2450. The lowest BCUT2D eigenvalue weighted by Gasteiger charge is -2.31. The summed E-state index contributed by atoms with van der Waals surface area (Å²) in [5.74, 6) is -1.14. The van der Waals surface area contributed by atoms with Crippen molar-refractivity contribution in [2.24, 2.45) is 0 Å². The van der Waals surface area contributed by atoms with E-state index < -0.39 is 59.7 Å². The zero-order valence-corrected chi connectivity index (χ0v) is 32.8. The normalized spacial score (nSPS) is 14.7. The fourth-order valence-corrected chi connectivity index (χ4v) is 10.3. The van der Waals surface area contributed by atoms with Crippen LogP contribution in [0.15, 0.2) is 94.7 Å². The summed E-state index contributed by atoms with van der Waals surface area (Å²) in [6.07, 6.45) is 0.940. The number of carbonyl (C=O) groups excluding carboxylic acids is 2.